The summed E-state index contributed by atoms with van der Waals surface area (Å²) in [6.07, 6.45) is -19.7. The van der Waals surface area contributed by atoms with Gasteiger partial charge in [0.1, 0.15) is 79.0 Å². The first-order valence-electron chi connectivity index (χ1n) is 22.6. The van der Waals surface area contributed by atoms with Gasteiger partial charge in [-0.2, -0.15) is 0 Å². The molecule has 29 nitrogen and oxygen atoms in total. The Labute approximate surface area is 405 Å². The number of rotatable bonds is 25. The number of likely N-dealkylation sites (tertiary alicyclic amines) is 1. The second-order valence-electron chi connectivity index (χ2n) is 17.1. The van der Waals surface area contributed by atoms with E-state index in [-0.39, 0.29) is 44.7 Å². The quantitative estimate of drug-likeness (QED) is 0.0246. The summed E-state index contributed by atoms with van der Waals surface area (Å²) < 4.78 is 22.6. The van der Waals surface area contributed by atoms with Crippen LogP contribution in [-0.2, 0) is 58.9 Å². The van der Waals surface area contributed by atoms with E-state index in [1.54, 1.807) is 30.3 Å². The molecule has 0 saturated carbocycles. The molecule has 5 amide bonds. The normalized spacial score (nSPS) is 28.5. The highest BCUT2D eigenvalue weighted by molar-refractivity contribution is 5.96. The number of benzene rings is 1. The van der Waals surface area contributed by atoms with E-state index in [0.717, 1.165) is 4.90 Å². The number of guanidine groups is 1. The molecule has 16 atom stereocenters. The molecule has 29 heteroatoms. The van der Waals surface area contributed by atoms with Crippen molar-refractivity contribution in [3.05, 3.63) is 35.9 Å². The Balaban J connectivity index is 1.42. The molecule has 3 fully saturated rings. The zero-order chi connectivity index (χ0) is 52.7. The van der Waals surface area contributed by atoms with Gasteiger partial charge in [0, 0.05) is 19.5 Å². The maximum absolute atomic E-state index is 14.0. The Kier molecular flexibility index (Phi) is 22.2. The van der Waals surface area contributed by atoms with Crippen LogP contribution >= 0.6 is 0 Å². The van der Waals surface area contributed by atoms with E-state index < -0.39 is 165 Å². The molecule has 0 unspecified atom stereocenters. The molecule has 0 aromatic heterocycles. The van der Waals surface area contributed by atoms with Crippen LogP contribution in [0, 0.1) is 0 Å². The molecule has 3 aliphatic rings. The van der Waals surface area contributed by atoms with Crippen molar-refractivity contribution in [2.24, 2.45) is 22.2 Å². The molecule has 3 saturated heterocycles. The molecule has 19 N–H and O–H groups in total. The first-order chi connectivity index (χ1) is 33.6. The highest BCUT2D eigenvalue weighted by Crippen LogP contribution is 2.31. The second-order valence-corrected chi connectivity index (χ2v) is 17.1. The summed E-state index contributed by atoms with van der Waals surface area (Å²) in [5.74, 6) is -7.97. The highest BCUT2D eigenvalue weighted by atomic mass is 16.8. The average Bonchev–Trinajstić information content (AvgIpc) is 3.83. The van der Waals surface area contributed by atoms with E-state index in [1.807, 2.05) is 0 Å². The van der Waals surface area contributed by atoms with Crippen molar-refractivity contribution in [1.82, 2.24) is 26.2 Å². The van der Waals surface area contributed by atoms with Gasteiger partial charge in [0.25, 0.3) is 0 Å². The van der Waals surface area contributed by atoms with E-state index >= 15 is 0 Å². The van der Waals surface area contributed by atoms with Gasteiger partial charge in [0.2, 0.25) is 29.5 Å². The number of aliphatic imine (C=N–C) groups is 1. The first kappa shape index (κ1) is 57.9. The number of carbonyl (C=O) groups excluding carboxylic acids is 5. The molecule has 3 aliphatic heterocycles. The molecule has 0 bridgehead atoms. The third-order valence-electron chi connectivity index (χ3n) is 11.9. The number of hydrogen-bond acceptors (Lipinski definition) is 20. The number of carboxylic acids is 2. The lowest BCUT2D eigenvalue weighted by Gasteiger charge is -2.46. The van der Waals surface area contributed by atoms with Gasteiger partial charge in [-0.3, -0.25) is 33.8 Å². The van der Waals surface area contributed by atoms with Crippen LogP contribution in [0.25, 0.3) is 0 Å². The molecule has 398 valence electrons. The molecular formula is C42H65N9O20. The van der Waals surface area contributed by atoms with Gasteiger partial charge in [-0.05, 0) is 38.2 Å². The number of amides is 5. The lowest BCUT2D eigenvalue weighted by atomic mass is 9.97. The number of hydrogen-bond donors (Lipinski definition) is 16. The van der Waals surface area contributed by atoms with Crippen molar-refractivity contribution in [2.45, 2.75) is 143 Å². The molecule has 0 spiro atoms. The zero-order valence-electron chi connectivity index (χ0n) is 38.5. The van der Waals surface area contributed by atoms with Crippen LogP contribution < -0.4 is 38.5 Å². The zero-order valence-corrected chi connectivity index (χ0v) is 38.5. The van der Waals surface area contributed by atoms with Crippen molar-refractivity contribution >= 4 is 47.4 Å². The fraction of sp³-hybridized carbons (Fsp3) is 0.667. The molecule has 4 rings (SSSR count). The standard InChI is InChI=1S/C42H65N9O20/c1-18(68-41-34(32(60)30(58)25(17-53)70-41)71-40-33(61)31(59)29(57)24(16-52)69-40)28(43)38(65)51-12-6-10-23(51)37(64)49-20(9-5-11-46-42(44)45)35(62)47-15-26(54)48-21(14-27(55)56)36(63)50-22(39(66)67)13-19-7-3-2-4-8-19/h2-4,7-8,18,20-25,28-34,40-41,52-53,57-61H,5-6,9-17,43H2,1H3,(H,47,62)(H,48,54)(H,49,64)(H,50,63)(H,55,56)(H,66,67)(H4,44,45,46)/t18-,20+,21+,22+,23+,24-,25-,28+,29-,30-,31+,32+,33-,34-,40+,41-/m1/s1. The minimum absolute atomic E-state index is 0.00366. The average molecular weight is 1020 g/mol. The van der Waals surface area contributed by atoms with Crippen LogP contribution in [0.3, 0.4) is 0 Å². The Morgan fingerprint density at radius 1 is 0.817 bits per heavy atom. The molecule has 3 heterocycles. The van der Waals surface area contributed by atoms with E-state index in [2.05, 4.69) is 26.3 Å². The van der Waals surface area contributed by atoms with Gasteiger partial charge in [0.15, 0.2) is 18.5 Å². The van der Waals surface area contributed by atoms with E-state index in [1.165, 1.54) is 6.92 Å². The van der Waals surface area contributed by atoms with Gasteiger partial charge in [-0.15, -0.1) is 0 Å². The summed E-state index contributed by atoms with van der Waals surface area (Å²) in [7, 11) is 0. The molecule has 0 radical (unpaired) electrons. The fourth-order valence-electron chi connectivity index (χ4n) is 7.92. The summed E-state index contributed by atoms with van der Waals surface area (Å²) in [5.41, 5.74) is 17.7. The number of carboxylic acid groups (broad SMARTS) is 2. The number of aliphatic hydroxyl groups is 7. The van der Waals surface area contributed by atoms with E-state index in [4.69, 9.17) is 36.1 Å². The van der Waals surface area contributed by atoms with Gasteiger partial charge in [-0.1, -0.05) is 30.3 Å². The lowest BCUT2D eigenvalue weighted by molar-refractivity contribution is -0.371. The number of nitrogens with one attached hydrogen (secondary N) is 4. The summed E-state index contributed by atoms with van der Waals surface area (Å²) in [5, 5.41) is 101. The van der Waals surface area contributed by atoms with Crippen LogP contribution in [0.4, 0.5) is 0 Å². The minimum atomic E-state index is -1.95. The van der Waals surface area contributed by atoms with Crippen LogP contribution in [0.5, 0.6) is 0 Å². The highest BCUT2D eigenvalue weighted by Gasteiger charge is 2.52. The van der Waals surface area contributed by atoms with E-state index in [9.17, 15) is 79.5 Å². The fourth-order valence-corrected chi connectivity index (χ4v) is 7.92. The Hall–Kier alpha value is -5.70. The van der Waals surface area contributed by atoms with Crippen molar-refractivity contribution in [2.75, 3.05) is 32.8 Å². The number of aliphatic carboxylic acids is 2. The number of nitrogens with zero attached hydrogens (tertiary/aromatic N) is 2. The Morgan fingerprint density at radius 3 is 2.06 bits per heavy atom. The third-order valence-corrected chi connectivity index (χ3v) is 11.9. The van der Waals surface area contributed by atoms with Gasteiger partial charge in [0.05, 0.1) is 32.3 Å². The lowest BCUT2D eigenvalue weighted by Crippen LogP contribution is -2.65. The van der Waals surface area contributed by atoms with Gasteiger partial charge in [-0.25, -0.2) is 4.79 Å². The topological polar surface area (TPSA) is 480 Å². The van der Waals surface area contributed by atoms with Crippen molar-refractivity contribution in [3.8, 4) is 0 Å². The van der Waals surface area contributed by atoms with Crippen LogP contribution in [0.15, 0.2) is 35.3 Å². The monoisotopic (exact) mass is 1020 g/mol. The minimum Gasteiger partial charge on any atom is -0.481 e. The van der Waals surface area contributed by atoms with Crippen molar-refractivity contribution in [3.63, 3.8) is 0 Å². The third kappa shape index (κ3) is 16.2. The van der Waals surface area contributed by atoms with Gasteiger partial charge >= 0.3 is 11.9 Å². The predicted octanol–water partition coefficient (Wildman–Crippen LogP) is -8.24. The van der Waals surface area contributed by atoms with Crippen LogP contribution in [0.1, 0.15) is 44.6 Å². The predicted molar refractivity (Wildman–Crippen MR) is 238 cm³/mol. The molecule has 0 aliphatic carbocycles. The SMILES string of the molecule is C[C@@H](O[C@@H]1O[C@H](CO)[C@@H](O)[C@H](O)[C@H]1O[C@@H]1O[C@H](CO)[C@@H](O)[C@H](O)[C@H]1O)[C@H](N)C(=O)N1CCC[C@H]1C(=O)N[C@@H](CCCN=C(N)N)C(=O)NCC(=O)N[C@@H](CC(=O)O)C(=O)N[C@@H](Cc1ccccc1)C(=O)O. The maximum atomic E-state index is 14.0. The number of nitrogens with two attached hydrogens (primary N) is 3. The van der Waals surface area contributed by atoms with Crippen molar-refractivity contribution < 1.29 is 98.5 Å². The largest absolute Gasteiger partial charge is 0.481 e. The van der Waals surface area contributed by atoms with Gasteiger partial charge < -0.3 is 108 Å². The number of carbonyl (C=O) groups is 7. The molecule has 71 heavy (non-hydrogen) atoms. The summed E-state index contributed by atoms with van der Waals surface area (Å²) >= 11 is 0. The second kappa shape index (κ2) is 27.2. The number of ether oxygens (including phenoxy) is 4. The van der Waals surface area contributed by atoms with Crippen molar-refractivity contribution in [1.29, 1.82) is 0 Å². The Morgan fingerprint density at radius 2 is 1.45 bits per heavy atom. The molecular weight excluding hydrogens is 951 g/mol. The molecule has 1 aromatic carbocycles. The Bertz CT molecular complexity index is 2000. The first-order valence-corrected chi connectivity index (χ1v) is 22.6. The van der Waals surface area contributed by atoms with Crippen LogP contribution in [-0.4, -0.2) is 229 Å². The summed E-state index contributed by atoms with van der Waals surface area (Å²) in [6, 6.07) is 0.784. The maximum Gasteiger partial charge on any atom is 0.326 e. The summed E-state index contributed by atoms with van der Waals surface area (Å²) in [4.78, 5) is 96.1. The smallest absolute Gasteiger partial charge is 0.326 e. The molecule has 1 aromatic rings. The van der Waals surface area contributed by atoms with Crippen LogP contribution in [0.2, 0.25) is 0 Å². The van der Waals surface area contributed by atoms with E-state index in [0.29, 0.717) is 12.0 Å². The summed E-state index contributed by atoms with van der Waals surface area (Å²) in [6.45, 7) is -1.18. The number of aliphatic hydroxyl groups excluding tert-OH is 7.